The lowest BCUT2D eigenvalue weighted by molar-refractivity contribution is 0.0706. The molecule has 0 aromatic carbocycles. The van der Waals surface area contributed by atoms with E-state index in [0.29, 0.717) is 39.3 Å². The van der Waals surface area contributed by atoms with E-state index in [4.69, 9.17) is 4.74 Å². The van der Waals surface area contributed by atoms with Gasteiger partial charge in [0.2, 0.25) is 0 Å². The summed E-state index contributed by atoms with van der Waals surface area (Å²) in [6.07, 6.45) is 4.11. The van der Waals surface area contributed by atoms with Crippen LogP contribution in [0.3, 0.4) is 0 Å². The largest absolute Gasteiger partial charge is 0.379 e. The van der Waals surface area contributed by atoms with E-state index in [2.05, 4.69) is 4.98 Å². The van der Waals surface area contributed by atoms with E-state index in [-0.39, 0.29) is 0 Å². The Morgan fingerprint density at radius 2 is 1.95 bits per heavy atom. The van der Waals surface area contributed by atoms with Crippen LogP contribution in [0, 0.1) is 0 Å². The number of rotatable bonds is 5. The zero-order valence-electron chi connectivity index (χ0n) is 11.0. The van der Waals surface area contributed by atoms with Crippen LogP contribution in [0.4, 0.5) is 0 Å². The third-order valence-electron chi connectivity index (χ3n) is 3.15. The molecular weight excluding hydrogens is 266 g/mol. The maximum atomic E-state index is 12.3. The predicted octanol–water partition coefficient (Wildman–Crippen LogP) is 0.133. The first kappa shape index (κ1) is 14.4. The number of nitrogens with zero attached hydrogens (tertiary/aromatic N) is 3. The third-order valence-corrected chi connectivity index (χ3v) is 5.14. The van der Waals surface area contributed by atoms with Crippen molar-refractivity contribution in [3.8, 4) is 0 Å². The number of likely N-dealkylation sites (N-methyl/N-ethyl adjacent to an activating group) is 1. The second-order valence-corrected chi connectivity index (χ2v) is 6.48. The maximum Gasteiger partial charge on any atom is 0.281 e. The van der Waals surface area contributed by atoms with Gasteiger partial charge in [0.15, 0.2) is 0 Å². The molecule has 0 unspecified atom stereocenters. The van der Waals surface area contributed by atoms with Gasteiger partial charge < -0.3 is 4.74 Å². The van der Waals surface area contributed by atoms with Gasteiger partial charge in [-0.3, -0.25) is 4.98 Å². The molecule has 2 heterocycles. The van der Waals surface area contributed by atoms with Crippen LogP contribution >= 0.6 is 0 Å². The average molecular weight is 285 g/mol. The fourth-order valence-corrected chi connectivity index (χ4v) is 3.25. The van der Waals surface area contributed by atoms with Gasteiger partial charge in [0.05, 0.1) is 13.2 Å². The van der Waals surface area contributed by atoms with Crippen LogP contribution in [0.5, 0.6) is 0 Å². The SMILES string of the molecule is CN(CCc1ccncc1)S(=O)(=O)N1CCOCC1. The molecule has 1 aromatic rings. The number of pyridine rings is 1. The molecule has 0 amide bonds. The summed E-state index contributed by atoms with van der Waals surface area (Å²) in [5.74, 6) is 0. The van der Waals surface area contributed by atoms with Crippen molar-refractivity contribution in [2.24, 2.45) is 0 Å². The van der Waals surface area contributed by atoms with Gasteiger partial charge in [0.1, 0.15) is 0 Å². The quantitative estimate of drug-likeness (QED) is 0.771. The van der Waals surface area contributed by atoms with Gasteiger partial charge in [-0.15, -0.1) is 0 Å². The van der Waals surface area contributed by atoms with Crippen molar-refractivity contribution >= 4 is 10.2 Å². The van der Waals surface area contributed by atoms with Gasteiger partial charge >= 0.3 is 0 Å². The fourth-order valence-electron chi connectivity index (χ4n) is 1.93. The first-order valence-electron chi connectivity index (χ1n) is 6.29. The molecule has 1 aliphatic heterocycles. The van der Waals surface area contributed by atoms with Crippen molar-refractivity contribution in [2.45, 2.75) is 6.42 Å². The summed E-state index contributed by atoms with van der Waals surface area (Å²) >= 11 is 0. The molecule has 0 bridgehead atoms. The molecule has 106 valence electrons. The molecule has 0 saturated carbocycles. The lowest BCUT2D eigenvalue weighted by Gasteiger charge is -2.30. The van der Waals surface area contributed by atoms with E-state index >= 15 is 0 Å². The third kappa shape index (κ3) is 3.73. The van der Waals surface area contributed by atoms with Crippen LogP contribution in [0.1, 0.15) is 5.56 Å². The van der Waals surface area contributed by atoms with Crippen LogP contribution in [-0.2, 0) is 21.4 Å². The summed E-state index contributed by atoms with van der Waals surface area (Å²) < 4.78 is 32.6. The Morgan fingerprint density at radius 3 is 2.58 bits per heavy atom. The Morgan fingerprint density at radius 1 is 1.32 bits per heavy atom. The van der Waals surface area contributed by atoms with Crippen molar-refractivity contribution < 1.29 is 13.2 Å². The summed E-state index contributed by atoms with van der Waals surface area (Å²) in [5.41, 5.74) is 1.08. The lowest BCUT2D eigenvalue weighted by Crippen LogP contribution is -2.47. The molecular formula is C12H19N3O3S. The number of aromatic nitrogens is 1. The number of hydrogen-bond donors (Lipinski definition) is 0. The molecule has 1 aromatic heterocycles. The highest BCUT2D eigenvalue weighted by Gasteiger charge is 2.28. The molecule has 1 saturated heterocycles. The Labute approximate surface area is 114 Å². The van der Waals surface area contributed by atoms with Crippen molar-refractivity contribution in [1.82, 2.24) is 13.6 Å². The topological polar surface area (TPSA) is 62.7 Å². The van der Waals surface area contributed by atoms with Gasteiger partial charge in [0.25, 0.3) is 10.2 Å². The van der Waals surface area contributed by atoms with E-state index < -0.39 is 10.2 Å². The van der Waals surface area contributed by atoms with E-state index in [1.54, 1.807) is 19.4 Å². The summed E-state index contributed by atoms with van der Waals surface area (Å²) in [7, 11) is -1.74. The van der Waals surface area contributed by atoms with Gasteiger partial charge in [-0.1, -0.05) is 0 Å². The first-order chi connectivity index (χ1) is 9.10. The van der Waals surface area contributed by atoms with Gasteiger partial charge in [-0.2, -0.15) is 17.0 Å². The Kier molecular flexibility index (Phi) is 4.87. The standard InChI is InChI=1S/C12H19N3O3S/c1-14(7-4-12-2-5-13-6-3-12)19(16,17)15-8-10-18-11-9-15/h2-3,5-6H,4,7-11H2,1H3. The van der Waals surface area contributed by atoms with Crippen molar-refractivity contribution in [2.75, 3.05) is 39.9 Å². The second-order valence-electron chi connectivity index (χ2n) is 4.45. The van der Waals surface area contributed by atoms with E-state index in [1.807, 2.05) is 12.1 Å². The van der Waals surface area contributed by atoms with Gasteiger partial charge in [0, 0.05) is 39.1 Å². The molecule has 0 aliphatic carbocycles. The summed E-state index contributed by atoms with van der Waals surface area (Å²) in [6.45, 7) is 2.27. The minimum Gasteiger partial charge on any atom is -0.379 e. The molecule has 0 atom stereocenters. The molecule has 1 aliphatic rings. The highest BCUT2D eigenvalue weighted by atomic mass is 32.2. The summed E-state index contributed by atoms with van der Waals surface area (Å²) in [6, 6.07) is 3.80. The molecule has 2 rings (SSSR count). The van der Waals surface area contributed by atoms with E-state index in [9.17, 15) is 8.42 Å². The van der Waals surface area contributed by atoms with Gasteiger partial charge in [-0.05, 0) is 24.1 Å². The molecule has 0 spiro atoms. The van der Waals surface area contributed by atoms with Crippen molar-refractivity contribution in [1.29, 1.82) is 0 Å². The molecule has 0 N–H and O–H groups in total. The second kappa shape index (κ2) is 6.42. The minimum atomic E-state index is -3.36. The Hall–Kier alpha value is -1.02. The van der Waals surface area contributed by atoms with Crippen LogP contribution in [0.25, 0.3) is 0 Å². The number of hydrogen-bond acceptors (Lipinski definition) is 4. The molecule has 7 heteroatoms. The highest BCUT2D eigenvalue weighted by molar-refractivity contribution is 7.86. The van der Waals surface area contributed by atoms with E-state index in [1.165, 1.54) is 8.61 Å². The lowest BCUT2D eigenvalue weighted by atomic mass is 10.2. The first-order valence-corrected chi connectivity index (χ1v) is 7.68. The number of morpholine rings is 1. The van der Waals surface area contributed by atoms with Crippen molar-refractivity contribution in [3.05, 3.63) is 30.1 Å². The predicted molar refractivity (Wildman–Crippen MR) is 71.9 cm³/mol. The van der Waals surface area contributed by atoms with E-state index in [0.717, 1.165) is 5.56 Å². The maximum absolute atomic E-state index is 12.3. The zero-order chi connectivity index (χ0) is 13.7. The average Bonchev–Trinajstić information content (AvgIpc) is 2.46. The van der Waals surface area contributed by atoms with Crippen molar-refractivity contribution in [3.63, 3.8) is 0 Å². The van der Waals surface area contributed by atoms with Crippen LogP contribution < -0.4 is 0 Å². The molecule has 19 heavy (non-hydrogen) atoms. The molecule has 1 fully saturated rings. The Balaban J connectivity index is 1.93. The highest BCUT2D eigenvalue weighted by Crippen LogP contribution is 2.10. The number of ether oxygens (including phenoxy) is 1. The van der Waals surface area contributed by atoms with Crippen LogP contribution in [-0.4, -0.2) is 61.9 Å². The summed E-state index contributed by atoms with van der Waals surface area (Å²) in [4.78, 5) is 3.94. The van der Waals surface area contributed by atoms with Gasteiger partial charge in [-0.25, -0.2) is 0 Å². The smallest absolute Gasteiger partial charge is 0.281 e. The van der Waals surface area contributed by atoms with Crippen LogP contribution in [0.15, 0.2) is 24.5 Å². The van der Waals surface area contributed by atoms with Crippen LogP contribution in [0.2, 0.25) is 0 Å². The Bertz CT molecular complexity index is 486. The monoisotopic (exact) mass is 285 g/mol. The molecule has 0 radical (unpaired) electrons. The minimum absolute atomic E-state index is 0.432. The fraction of sp³-hybridized carbons (Fsp3) is 0.583. The zero-order valence-corrected chi connectivity index (χ0v) is 11.8. The molecule has 6 nitrogen and oxygen atoms in total. The normalized spacial score (nSPS) is 17.8. The summed E-state index contributed by atoms with van der Waals surface area (Å²) in [5, 5.41) is 0.